The Morgan fingerprint density at radius 3 is 2.12 bits per heavy atom. The summed E-state index contributed by atoms with van der Waals surface area (Å²) in [5.74, 6) is -12.0. The monoisotopic (exact) mass is 1060 g/mol. The molecule has 0 unspecified atom stereocenters. The van der Waals surface area contributed by atoms with Gasteiger partial charge in [-0.25, -0.2) is 8.78 Å². The molecular formula is C50H71F2N15O9. The van der Waals surface area contributed by atoms with E-state index < -0.39 is 126 Å². The molecule has 24 nitrogen and oxygen atoms in total. The molecule has 0 radical (unpaired) electrons. The highest BCUT2D eigenvalue weighted by Gasteiger charge is 2.35. The molecule has 414 valence electrons. The third-order valence-electron chi connectivity index (χ3n) is 12.7. The van der Waals surface area contributed by atoms with Gasteiger partial charge in [0.2, 0.25) is 41.4 Å². The summed E-state index contributed by atoms with van der Waals surface area (Å²) in [5.41, 5.74) is 35.1. The van der Waals surface area contributed by atoms with Gasteiger partial charge in [-0.15, -0.1) is 0 Å². The Balaban J connectivity index is 1.78. The van der Waals surface area contributed by atoms with E-state index in [0.29, 0.717) is 5.56 Å². The zero-order valence-electron chi connectivity index (χ0n) is 42.5. The second-order valence-electron chi connectivity index (χ2n) is 18.7. The molecular weight excluding hydrogens is 993 g/mol. The highest BCUT2D eigenvalue weighted by Crippen LogP contribution is 2.26. The molecule has 0 bridgehead atoms. The van der Waals surface area contributed by atoms with Gasteiger partial charge in [0.05, 0.1) is 6.04 Å². The molecule has 7 atom stereocenters. The van der Waals surface area contributed by atoms with Crippen LogP contribution in [0.15, 0.2) is 58.6 Å². The largest absolute Gasteiger partial charge is 0.370 e. The first-order chi connectivity index (χ1) is 36.1. The SMILES string of the molecule is CC(=O)N[C@@H](CCCN=C(N)N)C(=O)N[C@H]1CCC(=O)NCCC[C@@H](C(N)=O)NC(=O)[C@H](Cc2c[nH]c3ccccc23)CC(=O)[C@H](CCCN=C(N)N)CC(=O)[C@@H](Cc2ccc(F)c(F)c2)NC(=O)[C@H](CCN)NC1=O. The van der Waals surface area contributed by atoms with Crippen molar-refractivity contribution in [3.8, 4) is 0 Å². The number of aliphatic imine (C=N–C) groups is 2. The Labute approximate surface area is 437 Å². The number of para-hydroxylation sites is 1. The molecule has 2 aromatic carbocycles. The molecule has 1 aromatic heterocycles. The van der Waals surface area contributed by atoms with Crippen molar-refractivity contribution in [2.24, 2.45) is 56.2 Å². The highest BCUT2D eigenvalue weighted by atomic mass is 19.2. The van der Waals surface area contributed by atoms with Crippen LogP contribution in [-0.4, -0.2) is 126 Å². The molecule has 0 aliphatic carbocycles. The van der Waals surface area contributed by atoms with Crippen LogP contribution in [0.5, 0.6) is 0 Å². The number of nitrogens with two attached hydrogens (primary N) is 6. The van der Waals surface area contributed by atoms with Gasteiger partial charge in [-0.3, -0.25) is 53.1 Å². The summed E-state index contributed by atoms with van der Waals surface area (Å²) in [7, 11) is 0. The van der Waals surface area contributed by atoms with Crippen LogP contribution in [0.3, 0.4) is 0 Å². The van der Waals surface area contributed by atoms with Gasteiger partial charge in [-0.05, 0) is 100 Å². The van der Waals surface area contributed by atoms with E-state index in [9.17, 15) is 51.9 Å². The van der Waals surface area contributed by atoms with Crippen LogP contribution in [0, 0.1) is 23.5 Å². The fourth-order valence-corrected chi connectivity index (χ4v) is 8.70. The molecule has 26 heteroatoms. The van der Waals surface area contributed by atoms with E-state index in [1.54, 1.807) is 12.3 Å². The molecule has 1 aliphatic heterocycles. The van der Waals surface area contributed by atoms with Crippen molar-refractivity contribution in [3.63, 3.8) is 0 Å². The second-order valence-corrected chi connectivity index (χ2v) is 18.7. The molecule has 2 heterocycles. The van der Waals surface area contributed by atoms with Crippen LogP contribution in [-0.2, 0) is 56.0 Å². The molecule has 7 amide bonds. The first-order valence-electron chi connectivity index (χ1n) is 25.0. The third kappa shape index (κ3) is 20.0. The topological polar surface area (TPSA) is 422 Å². The number of ketones is 2. The number of primary amides is 1. The highest BCUT2D eigenvalue weighted by molar-refractivity contribution is 5.98. The molecule has 0 saturated carbocycles. The van der Waals surface area contributed by atoms with Crippen molar-refractivity contribution < 1.29 is 51.9 Å². The summed E-state index contributed by atoms with van der Waals surface area (Å²) in [6, 6.07) is 3.09. The summed E-state index contributed by atoms with van der Waals surface area (Å²) in [4.78, 5) is 135. The van der Waals surface area contributed by atoms with E-state index in [1.165, 1.54) is 13.0 Å². The maximum atomic E-state index is 14.7. The Kier molecular flexibility index (Phi) is 24.2. The first kappa shape index (κ1) is 60.5. The van der Waals surface area contributed by atoms with Gasteiger partial charge >= 0.3 is 0 Å². The van der Waals surface area contributed by atoms with Crippen LogP contribution >= 0.6 is 0 Å². The summed E-state index contributed by atoms with van der Waals surface area (Å²) >= 11 is 0. The number of nitrogens with one attached hydrogen (secondary N) is 7. The van der Waals surface area contributed by atoms with Crippen molar-refractivity contribution >= 4 is 75.7 Å². The number of H-pyrrole nitrogens is 1. The van der Waals surface area contributed by atoms with E-state index in [4.69, 9.17) is 34.4 Å². The minimum atomic E-state index is -1.55. The predicted molar refractivity (Wildman–Crippen MR) is 278 cm³/mol. The number of benzene rings is 2. The van der Waals surface area contributed by atoms with E-state index >= 15 is 0 Å². The maximum absolute atomic E-state index is 14.7. The van der Waals surface area contributed by atoms with Crippen LogP contribution in [0.25, 0.3) is 10.9 Å². The number of Topliss-reactive ketones (excluding diaryl/α,β-unsaturated/α-hetero) is 2. The number of fused-ring (bicyclic) bond motifs is 1. The van der Waals surface area contributed by atoms with Gasteiger partial charge in [0.1, 0.15) is 30.0 Å². The maximum Gasteiger partial charge on any atom is 0.243 e. The number of aromatic nitrogens is 1. The lowest BCUT2D eigenvalue weighted by atomic mass is 9.83. The van der Waals surface area contributed by atoms with E-state index in [0.717, 1.165) is 23.0 Å². The van der Waals surface area contributed by atoms with Crippen molar-refractivity contribution in [1.82, 2.24) is 36.9 Å². The summed E-state index contributed by atoms with van der Waals surface area (Å²) in [5, 5.41) is 16.4. The quantitative estimate of drug-likeness (QED) is 0.0390. The molecule has 4 rings (SSSR count). The number of hydrogen-bond donors (Lipinski definition) is 13. The minimum Gasteiger partial charge on any atom is -0.370 e. The van der Waals surface area contributed by atoms with Gasteiger partial charge in [-0.2, -0.15) is 0 Å². The lowest BCUT2D eigenvalue weighted by Gasteiger charge is -2.27. The van der Waals surface area contributed by atoms with Gasteiger partial charge in [-0.1, -0.05) is 24.3 Å². The fraction of sp³-hybridized carbons (Fsp3) is 0.500. The summed E-state index contributed by atoms with van der Waals surface area (Å²) in [6.07, 6.45) is -0.214. The molecule has 0 spiro atoms. The zero-order valence-corrected chi connectivity index (χ0v) is 42.5. The average Bonchev–Trinajstić information content (AvgIpc) is 3.77. The Morgan fingerprint density at radius 2 is 1.45 bits per heavy atom. The third-order valence-corrected chi connectivity index (χ3v) is 12.7. The number of guanidine groups is 2. The lowest BCUT2D eigenvalue weighted by molar-refractivity contribution is -0.135. The van der Waals surface area contributed by atoms with Crippen LogP contribution in [0.2, 0.25) is 0 Å². The van der Waals surface area contributed by atoms with Crippen LogP contribution in [0.4, 0.5) is 8.78 Å². The number of amides is 7. The normalized spacial score (nSPS) is 21.2. The standard InChI is InChI=1S/C50H71F2N15O9/c1-27(68)63-37(11-6-20-61-50(57)58)46(74)65-38-14-15-43(71)59-18-5-10-36(44(54)72)64-45(73)30(23-31-26-62-35-9-3-2-8-32(31)35)25-41(69)29(7-4-19-60-49(55)56)24-42(70)40(22-28-12-13-33(51)34(52)21-28)67-48(76)39(16-17-53)66-47(38)75/h2-3,8-9,12-13,21,26,29-30,36-40,62H,4-7,10-11,14-20,22-25,53H2,1H3,(H2,54,72)(H,59,71)(H,63,68)(H,64,73)(H,65,74)(H,66,75)(H,67,76)(H4,55,56,60)(H4,57,58,61)/t29-,30-,36+,37+,38+,39+,40-/m1/s1. The smallest absolute Gasteiger partial charge is 0.243 e. The van der Waals surface area contributed by atoms with Crippen LogP contribution in [0.1, 0.15) is 88.7 Å². The molecule has 1 fully saturated rings. The second kappa shape index (κ2) is 30.4. The van der Waals surface area contributed by atoms with E-state index in [1.807, 2.05) is 18.2 Å². The first-order valence-corrected chi connectivity index (χ1v) is 25.0. The molecule has 19 N–H and O–H groups in total. The predicted octanol–water partition coefficient (Wildman–Crippen LogP) is -1.54. The van der Waals surface area contributed by atoms with Crippen LogP contribution < -0.4 is 66.3 Å². The zero-order chi connectivity index (χ0) is 55.9. The van der Waals surface area contributed by atoms with Gasteiger partial charge in [0.15, 0.2) is 29.3 Å². The summed E-state index contributed by atoms with van der Waals surface area (Å²) in [6.45, 7) is 1.09. The Hall–Kier alpha value is -8.03. The number of carbonyl (C=O) groups excluding carboxylic acids is 9. The molecule has 3 aromatic rings. The van der Waals surface area contributed by atoms with Crippen molar-refractivity contribution in [3.05, 3.63) is 71.4 Å². The molecule has 1 aliphatic rings. The lowest BCUT2D eigenvalue weighted by Crippen LogP contribution is -2.58. The van der Waals surface area contributed by atoms with Crippen molar-refractivity contribution in [1.29, 1.82) is 0 Å². The number of aromatic amines is 1. The number of nitrogens with zero attached hydrogens (tertiary/aromatic N) is 2. The Morgan fingerprint density at radius 1 is 0.763 bits per heavy atom. The molecule has 1 saturated heterocycles. The van der Waals surface area contributed by atoms with Crippen molar-refractivity contribution in [2.45, 2.75) is 121 Å². The Bertz CT molecular complexity index is 2600. The van der Waals surface area contributed by atoms with Crippen molar-refractivity contribution in [2.75, 3.05) is 26.2 Å². The van der Waals surface area contributed by atoms with Gasteiger partial charge in [0.25, 0.3) is 0 Å². The molecule has 76 heavy (non-hydrogen) atoms. The van der Waals surface area contributed by atoms with Gasteiger partial charge < -0.3 is 71.3 Å². The van der Waals surface area contributed by atoms with E-state index in [2.05, 4.69) is 46.9 Å². The number of hydrogen-bond acceptors (Lipinski definition) is 12. The van der Waals surface area contributed by atoms with Gasteiger partial charge in [0, 0.05) is 74.8 Å². The summed E-state index contributed by atoms with van der Waals surface area (Å²) < 4.78 is 28.8. The number of carbonyl (C=O) groups is 9. The number of rotatable bonds is 18. The minimum absolute atomic E-state index is 0.00226. The van der Waals surface area contributed by atoms with E-state index in [-0.39, 0.29) is 108 Å². The number of halogens is 2. The average molecular weight is 1060 g/mol. The fourth-order valence-electron chi connectivity index (χ4n) is 8.70.